The molecule has 1 aromatic rings. The van der Waals surface area contributed by atoms with Crippen molar-refractivity contribution in [2.75, 3.05) is 6.54 Å². The van der Waals surface area contributed by atoms with E-state index in [-0.39, 0.29) is 24.7 Å². The molecule has 1 amide bonds. The molecule has 1 fully saturated rings. The molecule has 0 atom stereocenters. The highest BCUT2D eigenvalue weighted by molar-refractivity contribution is 8.26. The summed E-state index contributed by atoms with van der Waals surface area (Å²) in [5.41, 5.74) is 1.40. The van der Waals surface area contributed by atoms with Gasteiger partial charge in [-0.25, -0.2) is 4.39 Å². The summed E-state index contributed by atoms with van der Waals surface area (Å²) >= 11 is 6.22. The van der Waals surface area contributed by atoms with Crippen molar-refractivity contribution in [2.45, 2.75) is 13.3 Å². The molecule has 0 unspecified atom stereocenters. The lowest BCUT2D eigenvalue weighted by molar-refractivity contribution is -0.305. The van der Waals surface area contributed by atoms with Crippen molar-refractivity contribution < 1.29 is 19.1 Å². The molecule has 4 nitrogen and oxygen atoms in total. The van der Waals surface area contributed by atoms with Gasteiger partial charge in [0.15, 0.2) is 0 Å². The van der Waals surface area contributed by atoms with Crippen LogP contribution in [0.1, 0.15) is 18.9 Å². The van der Waals surface area contributed by atoms with Gasteiger partial charge in [-0.15, -0.1) is 0 Å². The molecular formula is C14H11FNO3S2-. The number of hydrogen-bond donors (Lipinski definition) is 0. The van der Waals surface area contributed by atoms with E-state index in [4.69, 9.17) is 12.2 Å². The van der Waals surface area contributed by atoms with Crippen molar-refractivity contribution in [2.24, 2.45) is 0 Å². The molecule has 0 aliphatic carbocycles. The number of hydrogen-bond acceptors (Lipinski definition) is 5. The lowest BCUT2D eigenvalue weighted by atomic mass is 10.1. The number of carbonyl (C=O) groups excluding carboxylic acids is 2. The van der Waals surface area contributed by atoms with Crippen LogP contribution >= 0.6 is 24.0 Å². The van der Waals surface area contributed by atoms with E-state index in [1.807, 2.05) is 0 Å². The third-order valence-electron chi connectivity index (χ3n) is 3.01. The molecule has 2 rings (SSSR count). The number of aliphatic carboxylic acids is 1. The number of nitrogens with zero attached hydrogens (tertiary/aromatic N) is 1. The van der Waals surface area contributed by atoms with E-state index in [9.17, 15) is 19.1 Å². The van der Waals surface area contributed by atoms with Crippen molar-refractivity contribution in [3.63, 3.8) is 0 Å². The van der Waals surface area contributed by atoms with Gasteiger partial charge in [0, 0.05) is 18.9 Å². The average molecular weight is 324 g/mol. The van der Waals surface area contributed by atoms with Crippen LogP contribution in [0.3, 0.4) is 0 Å². The first-order valence-corrected chi connectivity index (χ1v) is 7.33. The summed E-state index contributed by atoms with van der Waals surface area (Å²) < 4.78 is 13.2. The third-order valence-corrected chi connectivity index (χ3v) is 4.56. The van der Waals surface area contributed by atoms with Gasteiger partial charge < -0.3 is 9.90 Å². The Morgan fingerprint density at radius 2 is 2.00 bits per heavy atom. The quantitative estimate of drug-likeness (QED) is 0.621. The first kappa shape index (κ1) is 15.7. The Morgan fingerprint density at radius 3 is 2.57 bits per heavy atom. The van der Waals surface area contributed by atoms with E-state index < -0.39 is 5.97 Å². The Hall–Kier alpha value is -1.73. The summed E-state index contributed by atoms with van der Waals surface area (Å²) in [6.07, 6.45) is -0.269. The highest BCUT2D eigenvalue weighted by Crippen LogP contribution is 2.36. The fraction of sp³-hybridized carbons (Fsp3) is 0.214. The van der Waals surface area contributed by atoms with Crippen molar-refractivity contribution in [1.82, 2.24) is 4.90 Å². The highest BCUT2D eigenvalue weighted by atomic mass is 32.2. The second-order valence-electron chi connectivity index (χ2n) is 4.41. The second kappa shape index (κ2) is 6.36. The van der Waals surface area contributed by atoms with Gasteiger partial charge in [0.2, 0.25) is 0 Å². The monoisotopic (exact) mass is 324 g/mol. The summed E-state index contributed by atoms with van der Waals surface area (Å²) in [4.78, 5) is 24.5. The standard InChI is InChI=1S/C14H12FNO3S2/c1-8(9-2-4-10(15)5-3-9)12-13(19)16(14(20)21-12)7-6-11(17)18/h2-5H,6-7H2,1H3,(H,17,18)/p-1/b12-8+. The molecule has 0 radical (unpaired) electrons. The summed E-state index contributed by atoms with van der Waals surface area (Å²) in [6.45, 7) is 1.74. The summed E-state index contributed by atoms with van der Waals surface area (Å²) in [5.74, 6) is -1.91. The molecule has 110 valence electrons. The SMILES string of the molecule is C/C(=C1\SC(=S)N(CCC(=O)[O-])C1=O)c1ccc(F)cc1. The fourth-order valence-electron chi connectivity index (χ4n) is 1.86. The van der Waals surface area contributed by atoms with E-state index in [1.54, 1.807) is 19.1 Å². The zero-order chi connectivity index (χ0) is 15.6. The maximum Gasteiger partial charge on any atom is 0.266 e. The molecular weight excluding hydrogens is 313 g/mol. The normalized spacial score (nSPS) is 17.3. The average Bonchev–Trinajstić information content (AvgIpc) is 2.72. The van der Waals surface area contributed by atoms with Crippen molar-refractivity contribution in [3.8, 4) is 0 Å². The molecule has 21 heavy (non-hydrogen) atoms. The number of allylic oxidation sites excluding steroid dienone is 1. The number of carboxylic acids is 1. The summed E-state index contributed by atoms with van der Waals surface area (Å²) in [5, 5.41) is 10.5. The van der Waals surface area contributed by atoms with Gasteiger partial charge in [-0.05, 0) is 30.2 Å². The maximum atomic E-state index is 12.9. The van der Waals surface area contributed by atoms with Crippen LogP contribution in [0.5, 0.6) is 0 Å². The van der Waals surface area contributed by atoms with Gasteiger partial charge in [-0.1, -0.05) is 36.1 Å². The van der Waals surface area contributed by atoms with Crippen LogP contribution in [0, 0.1) is 5.82 Å². The van der Waals surface area contributed by atoms with Crippen LogP contribution in [0.25, 0.3) is 5.57 Å². The summed E-state index contributed by atoms with van der Waals surface area (Å²) in [7, 11) is 0. The van der Waals surface area contributed by atoms with Gasteiger partial charge in [0.25, 0.3) is 5.91 Å². The number of benzene rings is 1. The Morgan fingerprint density at radius 1 is 1.38 bits per heavy atom. The number of thiocarbonyl (C=S) groups is 1. The third kappa shape index (κ3) is 3.48. The first-order chi connectivity index (χ1) is 9.90. The molecule has 1 aliphatic rings. The Bertz CT molecular complexity index is 640. The second-order valence-corrected chi connectivity index (χ2v) is 6.05. The van der Waals surface area contributed by atoms with E-state index in [0.717, 1.165) is 17.3 Å². The number of thioether (sulfide) groups is 1. The van der Waals surface area contributed by atoms with E-state index in [2.05, 4.69) is 0 Å². The molecule has 0 spiro atoms. The smallest absolute Gasteiger partial charge is 0.266 e. The van der Waals surface area contributed by atoms with E-state index >= 15 is 0 Å². The van der Waals surface area contributed by atoms with E-state index in [1.165, 1.54) is 17.0 Å². The van der Waals surface area contributed by atoms with Crippen LogP contribution in [0.4, 0.5) is 4.39 Å². The maximum absolute atomic E-state index is 12.9. The fourth-order valence-corrected chi connectivity index (χ4v) is 3.21. The molecule has 1 saturated heterocycles. The minimum atomic E-state index is -1.23. The van der Waals surface area contributed by atoms with Gasteiger partial charge in [-0.2, -0.15) is 0 Å². The molecule has 1 aliphatic heterocycles. The summed E-state index contributed by atoms with van der Waals surface area (Å²) in [6, 6.07) is 5.79. The number of rotatable bonds is 4. The molecule has 0 bridgehead atoms. The molecule has 7 heteroatoms. The van der Waals surface area contributed by atoms with Gasteiger partial charge in [0.1, 0.15) is 10.1 Å². The Balaban J connectivity index is 2.26. The van der Waals surface area contributed by atoms with Gasteiger partial charge >= 0.3 is 0 Å². The minimum absolute atomic E-state index is 0.00675. The predicted molar refractivity (Wildman–Crippen MR) is 80.5 cm³/mol. The number of carboxylic acid groups (broad SMARTS) is 1. The van der Waals surface area contributed by atoms with Crippen LogP contribution < -0.4 is 5.11 Å². The highest BCUT2D eigenvalue weighted by Gasteiger charge is 2.33. The van der Waals surface area contributed by atoms with Crippen molar-refractivity contribution in [1.29, 1.82) is 0 Å². The minimum Gasteiger partial charge on any atom is -0.550 e. The molecule has 1 heterocycles. The van der Waals surface area contributed by atoms with Crippen LogP contribution in [0.15, 0.2) is 29.2 Å². The predicted octanol–water partition coefficient (Wildman–Crippen LogP) is 1.56. The van der Waals surface area contributed by atoms with Crippen molar-refractivity contribution in [3.05, 3.63) is 40.6 Å². The van der Waals surface area contributed by atoms with Crippen LogP contribution in [0.2, 0.25) is 0 Å². The van der Waals surface area contributed by atoms with Gasteiger partial charge in [-0.3, -0.25) is 9.69 Å². The van der Waals surface area contributed by atoms with E-state index in [0.29, 0.717) is 14.8 Å². The van der Waals surface area contributed by atoms with Crippen molar-refractivity contribution >= 4 is 45.7 Å². The molecule has 0 aromatic heterocycles. The number of carbonyl (C=O) groups is 2. The largest absolute Gasteiger partial charge is 0.550 e. The first-order valence-electron chi connectivity index (χ1n) is 6.10. The molecule has 1 aromatic carbocycles. The molecule has 0 N–H and O–H groups in total. The number of amides is 1. The Kier molecular flexibility index (Phi) is 4.74. The Labute approximate surface area is 130 Å². The van der Waals surface area contributed by atoms with Gasteiger partial charge in [0.05, 0.1) is 4.91 Å². The molecule has 0 saturated carbocycles. The zero-order valence-corrected chi connectivity index (χ0v) is 12.7. The zero-order valence-electron chi connectivity index (χ0n) is 11.1. The van der Waals surface area contributed by atoms with Crippen LogP contribution in [-0.2, 0) is 9.59 Å². The lowest BCUT2D eigenvalue weighted by Gasteiger charge is -2.14. The topological polar surface area (TPSA) is 60.4 Å². The van der Waals surface area contributed by atoms with Crippen LogP contribution in [-0.4, -0.2) is 27.6 Å². The lowest BCUT2D eigenvalue weighted by Crippen LogP contribution is -2.33. The number of halogens is 1.